The van der Waals surface area contributed by atoms with Crippen LogP contribution in [0.1, 0.15) is 28.5 Å². The van der Waals surface area contributed by atoms with Gasteiger partial charge in [-0.1, -0.05) is 0 Å². The van der Waals surface area contributed by atoms with E-state index in [4.69, 9.17) is 10.5 Å². The Labute approximate surface area is 129 Å². The van der Waals surface area contributed by atoms with Crippen molar-refractivity contribution < 1.29 is 9.53 Å². The van der Waals surface area contributed by atoms with Crippen LogP contribution in [0, 0.1) is 13.8 Å². The molecule has 1 heterocycles. The Morgan fingerprint density at radius 2 is 1.95 bits per heavy atom. The summed E-state index contributed by atoms with van der Waals surface area (Å²) in [7, 11) is 0. The number of rotatable bonds is 5. The molecule has 0 aliphatic carbocycles. The number of carbonyl (C=O) groups is 1. The lowest BCUT2D eigenvalue weighted by molar-refractivity contribution is 0.101. The number of ether oxygens (including phenoxy) is 1. The molecule has 5 nitrogen and oxygen atoms in total. The molecular formula is C17H20N2O3. The third-order valence-corrected chi connectivity index (χ3v) is 3.60. The lowest BCUT2D eigenvalue weighted by Crippen LogP contribution is -2.29. The molecule has 0 saturated heterocycles. The van der Waals surface area contributed by atoms with Gasteiger partial charge in [0.2, 0.25) is 0 Å². The number of aryl methyl sites for hydroxylation is 2. The second-order valence-electron chi connectivity index (χ2n) is 5.27. The van der Waals surface area contributed by atoms with Gasteiger partial charge < -0.3 is 15.0 Å². The molecule has 2 aromatic rings. The quantitative estimate of drug-likeness (QED) is 0.679. The molecule has 2 rings (SSSR count). The second-order valence-corrected chi connectivity index (χ2v) is 5.27. The number of benzene rings is 1. The first-order chi connectivity index (χ1) is 10.4. The van der Waals surface area contributed by atoms with Crippen LogP contribution in [0.3, 0.4) is 0 Å². The van der Waals surface area contributed by atoms with Crippen molar-refractivity contribution >= 4 is 11.5 Å². The van der Waals surface area contributed by atoms with Gasteiger partial charge in [0.1, 0.15) is 12.4 Å². The van der Waals surface area contributed by atoms with Crippen LogP contribution < -0.4 is 16.0 Å². The van der Waals surface area contributed by atoms with Crippen LogP contribution in [0.4, 0.5) is 5.69 Å². The van der Waals surface area contributed by atoms with Crippen LogP contribution >= 0.6 is 0 Å². The molecule has 0 radical (unpaired) electrons. The highest BCUT2D eigenvalue weighted by Crippen LogP contribution is 2.18. The van der Waals surface area contributed by atoms with E-state index in [2.05, 4.69) is 0 Å². The lowest BCUT2D eigenvalue weighted by Gasteiger charge is -2.12. The van der Waals surface area contributed by atoms with Gasteiger partial charge in [-0.2, -0.15) is 0 Å². The van der Waals surface area contributed by atoms with Crippen LogP contribution in [0.25, 0.3) is 0 Å². The summed E-state index contributed by atoms with van der Waals surface area (Å²) in [6, 6.07) is 8.78. The van der Waals surface area contributed by atoms with Gasteiger partial charge in [0.15, 0.2) is 5.78 Å². The molecule has 0 fully saturated rings. The largest absolute Gasteiger partial charge is 0.492 e. The maximum Gasteiger partial charge on any atom is 0.261 e. The normalized spacial score (nSPS) is 10.5. The Kier molecular flexibility index (Phi) is 4.65. The molecule has 0 amide bonds. The number of nitrogens with zero attached hydrogens (tertiary/aromatic N) is 1. The van der Waals surface area contributed by atoms with E-state index in [0.717, 1.165) is 11.3 Å². The number of nitrogen functional groups attached to an aromatic ring is 1. The predicted octanol–water partition coefficient (Wildman–Crippen LogP) is 2.33. The highest BCUT2D eigenvalue weighted by molar-refractivity contribution is 5.93. The third-order valence-electron chi connectivity index (χ3n) is 3.60. The monoisotopic (exact) mass is 300 g/mol. The topological polar surface area (TPSA) is 74.3 Å². The SMILES string of the molecule is CC(=O)c1ccc(C)n(CCOc2ccc(N)c(C)c2)c1=O. The third kappa shape index (κ3) is 3.36. The number of carbonyl (C=O) groups excluding carboxylic acids is 1. The number of hydrogen-bond acceptors (Lipinski definition) is 4. The van der Waals surface area contributed by atoms with Crippen molar-refractivity contribution in [3.05, 3.63) is 57.5 Å². The molecule has 0 aliphatic heterocycles. The molecule has 1 aromatic carbocycles. The van der Waals surface area contributed by atoms with E-state index in [9.17, 15) is 9.59 Å². The van der Waals surface area contributed by atoms with E-state index in [1.165, 1.54) is 6.92 Å². The van der Waals surface area contributed by atoms with Crippen molar-refractivity contribution in [2.75, 3.05) is 12.3 Å². The van der Waals surface area contributed by atoms with Gasteiger partial charge in [-0.15, -0.1) is 0 Å². The van der Waals surface area contributed by atoms with Crippen LogP contribution in [0.15, 0.2) is 35.1 Å². The van der Waals surface area contributed by atoms with E-state index in [1.54, 1.807) is 28.8 Å². The van der Waals surface area contributed by atoms with Crippen molar-refractivity contribution in [1.82, 2.24) is 4.57 Å². The van der Waals surface area contributed by atoms with Gasteiger partial charge in [-0.05, 0) is 56.7 Å². The minimum atomic E-state index is -0.274. The molecular weight excluding hydrogens is 280 g/mol. The maximum absolute atomic E-state index is 12.2. The Morgan fingerprint density at radius 1 is 1.23 bits per heavy atom. The summed E-state index contributed by atoms with van der Waals surface area (Å²) in [5.74, 6) is 0.481. The maximum atomic E-state index is 12.2. The van der Waals surface area contributed by atoms with E-state index in [0.29, 0.717) is 24.6 Å². The van der Waals surface area contributed by atoms with Gasteiger partial charge in [0.25, 0.3) is 5.56 Å². The summed E-state index contributed by atoms with van der Waals surface area (Å²) in [6.45, 7) is 5.86. The summed E-state index contributed by atoms with van der Waals surface area (Å²) in [6.07, 6.45) is 0. The molecule has 0 unspecified atom stereocenters. The van der Waals surface area contributed by atoms with Crippen LogP contribution in [0.5, 0.6) is 5.75 Å². The van der Waals surface area contributed by atoms with Gasteiger partial charge in [-0.25, -0.2) is 0 Å². The number of hydrogen-bond donors (Lipinski definition) is 1. The van der Waals surface area contributed by atoms with E-state index >= 15 is 0 Å². The average molecular weight is 300 g/mol. The molecule has 116 valence electrons. The predicted molar refractivity (Wildman–Crippen MR) is 86.5 cm³/mol. The summed E-state index contributed by atoms with van der Waals surface area (Å²) >= 11 is 0. The van der Waals surface area contributed by atoms with Crippen molar-refractivity contribution in [3.63, 3.8) is 0 Å². The molecule has 0 bridgehead atoms. The first-order valence-corrected chi connectivity index (χ1v) is 7.10. The van der Waals surface area contributed by atoms with Crippen molar-refractivity contribution in [2.24, 2.45) is 0 Å². The smallest absolute Gasteiger partial charge is 0.261 e. The number of nitrogens with two attached hydrogens (primary N) is 1. The minimum absolute atomic E-state index is 0.203. The number of pyridine rings is 1. The standard InChI is InChI=1S/C17H20N2O3/c1-11-10-14(5-7-16(11)18)22-9-8-19-12(2)4-6-15(13(3)20)17(19)21/h4-7,10H,8-9,18H2,1-3H3. The average Bonchev–Trinajstić information content (AvgIpc) is 2.45. The lowest BCUT2D eigenvalue weighted by atomic mass is 10.2. The first-order valence-electron chi connectivity index (χ1n) is 7.10. The minimum Gasteiger partial charge on any atom is -0.492 e. The fourth-order valence-corrected chi connectivity index (χ4v) is 2.21. The van der Waals surface area contributed by atoms with Gasteiger partial charge in [0, 0.05) is 11.4 Å². The summed E-state index contributed by atoms with van der Waals surface area (Å²) in [5.41, 5.74) is 8.15. The Bertz CT molecular complexity index is 763. The zero-order valence-electron chi connectivity index (χ0n) is 13.1. The molecule has 22 heavy (non-hydrogen) atoms. The number of aromatic nitrogens is 1. The molecule has 0 atom stereocenters. The fourth-order valence-electron chi connectivity index (χ4n) is 2.21. The van der Waals surface area contributed by atoms with Crippen LogP contribution in [-0.4, -0.2) is 17.0 Å². The molecule has 2 N–H and O–H groups in total. The Balaban J connectivity index is 2.11. The van der Waals surface area contributed by atoms with Gasteiger partial charge in [0.05, 0.1) is 12.1 Å². The summed E-state index contributed by atoms with van der Waals surface area (Å²) in [5, 5.41) is 0. The van der Waals surface area contributed by atoms with Crippen molar-refractivity contribution in [2.45, 2.75) is 27.3 Å². The summed E-state index contributed by atoms with van der Waals surface area (Å²) < 4.78 is 7.21. The van der Waals surface area contributed by atoms with Crippen molar-refractivity contribution in [1.29, 1.82) is 0 Å². The van der Waals surface area contributed by atoms with Gasteiger partial charge in [-0.3, -0.25) is 9.59 Å². The Morgan fingerprint density at radius 3 is 2.59 bits per heavy atom. The number of ketones is 1. The van der Waals surface area contributed by atoms with E-state index in [1.807, 2.05) is 19.9 Å². The Hall–Kier alpha value is -2.56. The van der Waals surface area contributed by atoms with E-state index < -0.39 is 0 Å². The molecule has 1 aromatic heterocycles. The van der Waals surface area contributed by atoms with Crippen molar-refractivity contribution in [3.8, 4) is 5.75 Å². The molecule has 0 saturated carbocycles. The molecule has 5 heteroatoms. The highest BCUT2D eigenvalue weighted by Gasteiger charge is 2.10. The fraction of sp³-hybridized carbons (Fsp3) is 0.294. The van der Waals surface area contributed by atoms with Crippen LogP contribution in [0.2, 0.25) is 0 Å². The zero-order chi connectivity index (χ0) is 16.3. The molecule has 0 spiro atoms. The van der Waals surface area contributed by atoms with Gasteiger partial charge >= 0.3 is 0 Å². The van der Waals surface area contributed by atoms with Crippen LogP contribution in [-0.2, 0) is 6.54 Å². The number of Topliss-reactive ketones (excluding diaryl/α,β-unsaturated/α-hetero) is 1. The van der Waals surface area contributed by atoms with E-state index in [-0.39, 0.29) is 16.9 Å². The molecule has 0 aliphatic rings. The number of anilines is 1. The zero-order valence-corrected chi connectivity index (χ0v) is 13.1. The first kappa shape index (κ1) is 15.8. The second kappa shape index (κ2) is 6.47. The summed E-state index contributed by atoms with van der Waals surface area (Å²) in [4.78, 5) is 23.7. The highest BCUT2D eigenvalue weighted by atomic mass is 16.5.